The summed E-state index contributed by atoms with van der Waals surface area (Å²) in [4.78, 5) is 12.5. The molecular formula is C17H12N2O2. The Morgan fingerprint density at radius 1 is 0.952 bits per heavy atom. The van der Waals surface area contributed by atoms with E-state index in [0.717, 1.165) is 10.9 Å². The number of carbonyl (C=O) groups is 1. The van der Waals surface area contributed by atoms with E-state index in [1.807, 2.05) is 48.5 Å². The summed E-state index contributed by atoms with van der Waals surface area (Å²) in [5, 5.41) is 16.2. The van der Waals surface area contributed by atoms with Crippen LogP contribution in [0.15, 0.2) is 59.7 Å². The maximum Gasteiger partial charge on any atom is 0.220 e. The Kier molecular flexibility index (Phi) is 2.44. The molecule has 0 bridgehead atoms. The molecule has 1 N–H and O–H groups in total. The number of aromatic nitrogens is 1. The van der Waals surface area contributed by atoms with Crippen LogP contribution in [0.2, 0.25) is 0 Å². The summed E-state index contributed by atoms with van der Waals surface area (Å²) >= 11 is 0. The number of hydrogen-bond donors (Lipinski definition) is 1. The molecule has 3 aromatic rings. The van der Waals surface area contributed by atoms with Crippen molar-refractivity contribution < 1.29 is 9.90 Å². The number of hydrogen-bond acceptors (Lipinski definition) is 3. The van der Waals surface area contributed by atoms with Gasteiger partial charge in [0.15, 0.2) is 5.78 Å². The van der Waals surface area contributed by atoms with Crippen molar-refractivity contribution in [3.05, 3.63) is 65.9 Å². The first kappa shape index (κ1) is 11.9. The highest BCUT2D eigenvalue weighted by Gasteiger charge is 2.27. The summed E-state index contributed by atoms with van der Waals surface area (Å²) in [5.41, 5.74) is 2.03. The fourth-order valence-electron chi connectivity index (χ4n) is 2.77. The largest absolute Gasteiger partial charge is 0.493 e. The predicted molar refractivity (Wildman–Crippen MR) is 80.9 cm³/mol. The molecule has 0 saturated carbocycles. The molecule has 4 heteroatoms. The van der Waals surface area contributed by atoms with Gasteiger partial charge in [-0.15, -0.1) is 0 Å². The number of aromatic hydroxyl groups is 1. The monoisotopic (exact) mass is 276 g/mol. The number of fused-ring (bicyclic) bond motifs is 3. The van der Waals surface area contributed by atoms with E-state index in [4.69, 9.17) is 0 Å². The van der Waals surface area contributed by atoms with E-state index in [1.165, 1.54) is 4.68 Å². The first-order valence-corrected chi connectivity index (χ1v) is 6.74. The van der Waals surface area contributed by atoms with Crippen molar-refractivity contribution in [2.45, 2.75) is 6.42 Å². The Labute approximate surface area is 120 Å². The third-order valence-corrected chi connectivity index (χ3v) is 3.76. The molecule has 0 saturated heterocycles. The first-order valence-electron chi connectivity index (χ1n) is 6.74. The quantitative estimate of drug-likeness (QED) is 0.742. The molecule has 4 rings (SSSR count). The van der Waals surface area contributed by atoms with Crippen molar-refractivity contribution in [1.29, 1.82) is 0 Å². The van der Waals surface area contributed by atoms with Crippen LogP contribution >= 0.6 is 0 Å². The van der Waals surface area contributed by atoms with Gasteiger partial charge in [-0.25, -0.2) is 0 Å². The van der Waals surface area contributed by atoms with E-state index >= 15 is 0 Å². The Morgan fingerprint density at radius 2 is 1.62 bits per heavy atom. The maximum atomic E-state index is 12.5. The van der Waals surface area contributed by atoms with Crippen molar-refractivity contribution in [3.8, 4) is 5.88 Å². The van der Waals surface area contributed by atoms with E-state index in [1.54, 1.807) is 6.07 Å². The zero-order valence-electron chi connectivity index (χ0n) is 11.2. The maximum absolute atomic E-state index is 12.5. The second kappa shape index (κ2) is 4.31. The van der Waals surface area contributed by atoms with Crippen LogP contribution in [-0.4, -0.2) is 21.3 Å². The van der Waals surface area contributed by atoms with Crippen LogP contribution in [0.5, 0.6) is 5.88 Å². The van der Waals surface area contributed by atoms with Gasteiger partial charge in [0.25, 0.3) is 0 Å². The Morgan fingerprint density at radius 3 is 2.38 bits per heavy atom. The van der Waals surface area contributed by atoms with Crippen LogP contribution in [0.1, 0.15) is 22.5 Å². The molecule has 102 valence electrons. The second-order valence-electron chi connectivity index (χ2n) is 5.04. The Bertz CT molecular complexity index is 892. The zero-order valence-corrected chi connectivity index (χ0v) is 11.2. The molecule has 0 aliphatic carbocycles. The molecule has 0 atom stereocenters. The molecule has 1 aliphatic heterocycles. The number of nitrogens with zero attached hydrogens (tertiary/aromatic N) is 2. The van der Waals surface area contributed by atoms with Gasteiger partial charge >= 0.3 is 0 Å². The summed E-state index contributed by atoms with van der Waals surface area (Å²) in [6.07, 6.45) is 0.247. The fraction of sp³-hybridized carbons (Fsp3) is 0.0588. The minimum absolute atomic E-state index is 0.0158. The number of carbonyl (C=O) groups excluding carboxylic acids is 1. The van der Waals surface area contributed by atoms with Gasteiger partial charge in [0, 0.05) is 10.8 Å². The Hall–Kier alpha value is -2.88. The number of ketones is 1. The fourth-order valence-corrected chi connectivity index (χ4v) is 2.77. The average molecular weight is 276 g/mol. The van der Waals surface area contributed by atoms with Gasteiger partial charge in [-0.3, -0.25) is 4.79 Å². The molecule has 1 aliphatic rings. The van der Waals surface area contributed by atoms with Gasteiger partial charge in [0.2, 0.25) is 5.88 Å². The summed E-state index contributed by atoms with van der Waals surface area (Å²) < 4.78 is 1.36. The standard InChI is InChI=1S/C17H12N2O2/c20-15-10-14(11-6-2-1-3-7-11)18-19-16(15)12-8-4-5-9-13(12)17(19)21/h1-9,21H,10H2. The molecule has 2 aromatic carbocycles. The third-order valence-electron chi connectivity index (χ3n) is 3.76. The van der Waals surface area contributed by atoms with Crippen molar-refractivity contribution in [2.24, 2.45) is 5.10 Å². The lowest BCUT2D eigenvalue weighted by atomic mass is 10.0. The Balaban J connectivity index is 2.00. The van der Waals surface area contributed by atoms with Crippen molar-refractivity contribution in [2.75, 3.05) is 0 Å². The van der Waals surface area contributed by atoms with Crippen LogP contribution in [0.3, 0.4) is 0 Å². The lowest BCUT2D eigenvalue weighted by Crippen LogP contribution is -2.19. The highest BCUT2D eigenvalue weighted by atomic mass is 16.3. The second-order valence-corrected chi connectivity index (χ2v) is 5.04. The third kappa shape index (κ3) is 1.69. The molecular weight excluding hydrogens is 264 g/mol. The van der Waals surface area contributed by atoms with Crippen molar-refractivity contribution >= 4 is 22.3 Å². The zero-order chi connectivity index (χ0) is 14.4. The normalized spacial score (nSPS) is 14.1. The molecule has 0 radical (unpaired) electrons. The van der Waals surface area contributed by atoms with Gasteiger partial charge in [0.05, 0.1) is 12.1 Å². The molecule has 0 fully saturated rings. The van der Waals surface area contributed by atoms with E-state index in [9.17, 15) is 9.90 Å². The SMILES string of the molecule is O=C1CC(c2ccccc2)=Nn2c(O)c3ccccc3c21. The van der Waals surface area contributed by atoms with Gasteiger partial charge in [0.1, 0.15) is 5.69 Å². The number of benzene rings is 2. The van der Waals surface area contributed by atoms with E-state index in [0.29, 0.717) is 16.8 Å². The highest BCUT2D eigenvalue weighted by Crippen LogP contribution is 2.34. The minimum Gasteiger partial charge on any atom is -0.493 e. The first-order chi connectivity index (χ1) is 10.3. The number of Topliss-reactive ketones (excluding diaryl/α,β-unsaturated/α-hetero) is 1. The van der Waals surface area contributed by atoms with Gasteiger partial charge in [-0.1, -0.05) is 48.5 Å². The van der Waals surface area contributed by atoms with E-state index in [2.05, 4.69) is 5.10 Å². The summed E-state index contributed by atoms with van der Waals surface area (Å²) in [6, 6.07) is 16.9. The lowest BCUT2D eigenvalue weighted by Gasteiger charge is -2.14. The summed E-state index contributed by atoms with van der Waals surface area (Å²) in [6.45, 7) is 0. The molecule has 1 aromatic heterocycles. The molecule has 0 amide bonds. The molecule has 4 nitrogen and oxygen atoms in total. The van der Waals surface area contributed by atoms with E-state index < -0.39 is 0 Å². The van der Waals surface area contributed by atoms with Crippen LogP contribution < -0.4 is 0 Å². The summed E-state index contributed by atoms with van der Waals surface area (Å²) in [7, 11) is 0. The topological polar surface area (TPSA) is 54.6 Å². The van der Waals surface area contributed by atoms with Crippen LogP contribution in [0.4, 0.5) is 0 Å². The van der Waals surface area contributed by atoms with Crippen LogP contribution in [0.25, 0.3) is 10.8 Å². The van der Waals surface area contributed by atoms with Gasteiger partial charge < -0.3 is 5.11 Å². The lowest BCUT2D eigenvalue weighted by molar-refractivity contribution is 0.0989. The molecule has 0 unspecified atom stereocenters. The smallest absolute Gasteiger partial charge is 0.220 e. The minimum atomic E-state index is -0.0275. The molecule has 0 spiro atoms. The van der Waals surface area contributed by atoms with Crippen molar-refractivity contribution in [1.82, 2.24) is 4.68 Å². The van der Waals surface area contributed by atoms with Gasteiger partial charge in [-0.2, -0.15) is 9.78 Å². The van der Waals surface area contributed by atoms with Crippen molar-refractivity contribution in [3.63, 3.8) is 0 Å². The van der Waals surface area contributed by atoms with E-state index in [-0.39, 0.29) is 18.1 Å². The average Bonchev–Trinajstić information content (AvgIpc) is 2.82. The predicted octanol–water partition coefficient (Wildman–Crippen LogP) is 3.19. The van der Waals surface area contributed by atoms with Crippen LogP contribution in [-0.2, 0) is 0 Å². The highest BCUT2D eigenvalue weighted by molar-refractivity contribution is 6.21. The van der Waals surface area contributed by atoms with Crippen LogP contribution in [0, 0.1) is 0 Å². The number of rotatable bonds is 1. The summed E-state index contributed by atoms with van der Waals surface area (Å²) in [5.74, 6) is -0.0116. The molecule has 2 heterocycles. The molecule has 21 heavy (non-hydrogen) atoms. The van der Waals surface area contributed by atoms with Gasteiger partial charge in [-0.05, 0) is 11.6 Å².